The zero-order chi connectivity index (χ0) is 18.2. The molecule has 2 aromatic heterocycles. The predicted molar refractivity (Wildman–Crippen MR) is 89.6 cm³/mol. The molecule has 1 N–H and O–H groups in total. The first-order chi connectivity index (χ1) is 11.8. The summed E-state index contributed by atoms with van der Waals surface area (Å²) in [6.45, 7) is 3.11. The Morgan fingerprint density at radius 3 is 2.68 bits per heavy atom. The van der Waals surface area contributed by atoms with Gasteiger partial charge in [0.15, 0.2) is 16.4 Å². The van der Waals surface area contributed by atoms with Crippen molar-refractivity contribution in [2.24, 2.45) is 0 Å². The fourth-order valence-electron chi connectivity index (χ4n) is 2.63. The number of aromatic nitrogens is 3. The summed E-state index contributed by atoms with van der Waals surface area (Å²) < 4.78 is 29.6. The van der Waals surface area contributed by atoms with Crippen LogP contribution in [0.2, 0.25) is 0 Å². The molecule has 130 valence electrons. The van der Waals surface area contributed by atoms with Crippen molar-refractivity contribution in [1.29, 1.82) is 0 Å². The van der Waals surface area contributed by atoms with E-state index in [-0.39, 0.29) is 4.90 Å². The molecular formula is C15H15N5O4S. The maximum Gasteiger partial charge on any atom is 0.289 e. The molecule has 0 saturated carbocycles. The molecule has 0 bridgehead atoms. The molecule has 0 aliphatic carbocycles. The van der Waals surface area contributed by atoms with Crippen LogP contribution in [0, 0.1) is 17.0 Å². The molecule has 0 saturated heterocycles. The summed E-state index contributed by atoms with van der Waals surface area (Å²) >= 11 is 0. The lowest BCUT2D eigenvalue weighted by Gasteiger charge is -2.14. The van der Waals surface area contributed by atoms with E-state index in [1.54, 1.807) is 35.7 Å². The smallest absolute Gasteiger partial charge is 0.285 e. The van der Waals surface area contributed by atoms with Crippen LogP contribution in [-0.4, -0.2) is 27.9 Å². The van der Waals surface area contributed by atoms with E-state index in [1.165, 1.54) is 25.1 Å². The van der Waals surface area contributed by atoms with Gasteiger partial charge < -0.3 is 0 Å². The third-order valence-electron chi connectivity index (χ3n) is 3.72. The van der Waals surface area contributed by atoms with Gasteiger partial charge in [-0.25, -0.2) is 13.1 Å². The average Bonchev–Trinajstić information content (AvgIpc) is 2.98. The molecule has 1 unspecified atom stereocenters. The van der Waals surface area contributed by atoms with Crippen molar-refractivity contribution in [3.63, 3.8) is 0 Å². The van der Waals surface area contributed by atoms with Gasteiger partial charge in [0.1, 0.15) is 0 Å². The van der Waals surface area contributed by atoms with Crippen molar-refractivity contribution in [3.05, 3.63) is 64.1 Å². The quantitative estimate of drug-likeness (QED) is 0.548. The molecule has 0 aliphatic rings. The van der Waals surface area contributed by atoms with Crippen molar-refractivity contribution in [2.75, 3.05) is 0 Å². The summed E-state index contributed by atoms with van der Waals surface area (Å²) in [6, 6.07) is 8.69. The van der Waals surface area contributed by atoms with E-state index in [2.05, 4.69) is 14.9 Å². The average molecular weight is 361 g/mol. The minimum atomic E-state index is -4.13. The summed E-state index contributed by atoms with van der Waals surface area (Å²) in [5.41, 5.74) is 0.399. The standard InChI is InChI=1S/C15H15N5O4S/c1-10-6-5-7-12(20(21)22)14(10)25(23,24)18-11(2)15-17-16-13-8-3-4-9-19(13)15/h3-9,11,18H,1-2H3. The number of pyridine rings is 1. The van der Waals surface area contributed by atoms with Crippen molar-refractivity contribution < 1.29 is 13.3 Å². The summed E-state index contributed by atoms with van der Waals surface area (Å²) in [5, 5.41) is 19.2. The topological polar surface area (TPSA) is 120 Å². The Kier molecular flexibility index (Phi) is 4.23. The van der Waals surface area contributed by atoms with Gasteiger partial charge >= 0.3 is 0 Å². The number of nitrogens with zero attached hydrogens (tertiary/aromatic N) is 4. The maximum absolute atomic E-state index is 12.7. The third-order valence-corrected chi connectivity index (χ3v) is 5.45. The third kappa shape index (κ3) is 3.08. The zero-order valence-electron chi connectivity index (χ0n) is 13.4. The van der Waals surface area contributed by atoms with Gasteiger partial charge in [-0.1, -0.05) is 18.2 Å². The van der Waals surface area contributed by atoms with Crippen LogP contribution in [0.15, 0.2) is 47.5 Å². The molecular weight excluding hydrogens is 346 g/mol. The van der Waals surface area contributed by atoms with Crippen LogP contribution in [-0.2, 0) is 10.0 Å². The van der Waals surface area contributed by atoms with Crippen LogP contribution >= 0.6 is 0 Å². The zero-order valence-corrected chi connectivity index (χ0v) is 14.3. The number of rotatable bonds is 5. The number of sulfonamides is 1. The minimum Gasteiger partial charge on any atom is -0.285 e. The van der Waals surface area contributed by atoms with Crippen LogP contribution in [0.5, 0.6) is 0 Å². The number of hydrogen-bond acceptors (Lipinski definition) is 6. The van der Waals surface area contributed by atoms with Gasteiger partial charge in [-0.05, 0) is 31.5 Å². The number of nitro benzene ring substituents is 1. The Labute approximate surface area is 143 Å². The van der Waals surface area contributed by atoms with E-state index in [0.29, 0.717) is 17.0 Å². The monoisotopic (exact) mass is 361 g/mol. The van der Waals surface area contributed by atoms with Crippen LogP contribution in [0.4, 0.5) is 5.69 Å². The predicted octanol–water partition coefficient (Wildman–Crippen LogP) is 1.99. The Balaban J connectivity index is 2.01. The highest BCUT2D eigenvalue weighted by Gasteiger charge is 2.30. The second-order valence-corrected chi connectivity index (χ2v) is 7.16. The molecule has 0 aliphatic heterocycles. The summed E-state index contributed by atoms with van der Waals surface area (Å²) in [5.74, 6) is 0.385. The molecule has 1 aromatic carbocycles. The van der Waals surface area contributed by atoms with Gasteiger partial charge in [0.25, 0.3) is 5.69 Å². The number of fused-ring (bicyclic) bond motifs is 1. The number of aryl methyl sites for hydroxylation is 1. The maximum atomic E-state index is 12.7. The Morgan fingerprint density at radius 2 is 1.96 bits per heavy atom. The van der Waals surface area contributed by atoms with E-state index in [9.17, 15) is 18.5 Å². The van der Waals surface area contributed by atoms with Crippen molar-refractivity contribution in [1.82, 2.24) is 19.3 Å². The van der Waals surface area contributed by atoms with E-state index < -0.39 is 26.7 Å². The van der Waals surface area contributed by atoms with Gasteiger partial charge in [0, 0.05) is 12.3 Å². The second kappa shape index (κ2) is 6.22. The van der Waals surface area contributed by atoms with Crippen molar-refractivity contribution >= 4 is 21.4 Å². The lowest BCUT2D eigenvalue weighted by Crippen LogP contribution is -2.29. The van der Waals surface area contributed by atoms with Gasteiger partial charge in [-0.15, -0.1) is 10.2 Å². The normalized spacial score (nSPS) is 13.0. The lowest BCUT2D eigenvalue weighted by molar-refractivity contribution is -0.387. The van der Waals surface area contributed by atoms with Crippen LogP contribution in [0.25, 0.3) is 5.65 Å². The summed E-state index contributed by atoms with van der Waals surface area (Å²) in [6.07, 6.45) is 1.71. The van der Waals surface area contributed by atoms with E-state index in [0.717, 1.165) is 0 Å². The lowest BCUT2D eigenvalue weighted by atomic mass is 10.2. The van der Waals surface area contributed by atoms with Crippen LogP contribution in [0.3, 0.4) is 0 Å². The largest absolute Gasteiger partial charge is 0.289 e. The molecule has 25 heavy (non-hydrogen) atoms. The molecule has 1 atom stereocenters. The van der Waals surface area contributed by atoms with Gasteiger partial charge in [0.05, 0.1) is 11.0 Å². The van der Waals surface area contributed by atoms with Gasteiger partial charge in [-0.2, -0.15) is 0 Å². The molecule has 9 nitrogen and oxygen atoms in total. The highest BCUT2D eigenvalue weighted by molar-refractivity contribution is 7.89. The molecule has 0 radical (unpaired) electrons. The molecule has 10 heteroatoms. The number of nitrogens with one attached hydrogen (secondary N) is 1. The van der Waals surface area contributed by atoms with Crippen molar-refractivity contribution in [3.8, 4) is 0 Å². The van der Waals surface area contributed by atoms with Gasteiger partial charge in [-0.3, -0.25) is 14.5 Å². The molecule has 3 aromatic rings. The SMILES string of the molecule is Cc1cccc([N+](=O)[O-])c1S(=O)(=O)NC(C)c1nnc2ccccn12. The van der Waals surface area contributed by atoms with E-state index in [1.807, 2.05) is 0 Å². The molecule has 0 spiro atoms. The summed E-state index contributed by atoms with van der Waals surface area (Å²) in [7, 11) is -4.13. The first-order valence-corrected chi connectivity index (χ1v) is 8.85. The second-order valence-electron chi connectivity index (χ2n) is 5.51. The number of nitro groups is 1. The fourth-order valence-corrected chi connectivity index (χ4v) is 4.23. The highest BCUT2D eigenvalue weighted by atomic mass is 32.2. The number of hydrogen-bond donors (Lipinski definition) is 1. The molecule has 3 rings (SSSR count). The first kappa shape index (κ1) is 17.0. The van der Waals surface area contributed by atoms with E-state index >= 15 is 0 Å². The molecule has 0 amide bonds. The number of benzene rings is 1. The minimum absolute atomic E-state index is 0.292. The fraction of sp³-hybridized carbons (Fsp3) is 0.200. The molecule has 2 heterocycles. The van der Waals surface area contributed by atoms with Crippen LogP contribution < -0.4 is 4.72 Å². The summed E-state index contributed by atoms with van der Waals surface area (Å²) in [4.78, 5) is 10.1. The Bertz CT molecular complexity index is 1060. The Morgan fingerprint density at radius 1 is 1.20 bits per heavy atom. The highest BCUT2D eigenvalue weighted by Crippen LogP contribution is 2.28. The van der Waals surface area contributed by atoms with Crippen molar-refractivity contribution in [2.45, 2.75) is 24.8 Å². The van der Waals surface area contributed by atoms with Gasteiger partial charge in [0.2, 0.25) is 10.0 Å². The van der Waals surface area contributed by atoms with E-state index in [4.69, 9.17) is 0 Å². The first-order valence-electron chi connectivity index (χ1n) is 7.37. The Hall–Kier alpha value is -2.85. The van der Waals surface area contributed by atoms with Crippen LogP contribution in [0.1, 0.15) is 24.4 Å². The molecule has 0 fully saturated rings.